The van der Waals surface area contributed by atoms with E-state index < -0.39 is 0 Å². The van der Waals surface area contributed by atoms with Gasteiger partial charge in [0.25, 0.3) is 0 Å². The lowest BCUT2D eigenvalue weighted by Gasteiger charge is -2.17. The van der Waals surface area contributed by atoms with Crippen LogP contribution in [0.3, 0.4) is 0 Å². The van der Waals surface area contributed by atoms with E-state index in [-0.39, 0.29) is 5.91 Å². The molecule has 7 nitrogen and oxygen atoms in total. The molecule has 0 saturated heterocycles. The molecule has 0 fully saturated rings. The van der Waals surface area contributed by atoms with Crippen molar-refractivity contribution in [1.29, 1.82) is 0 Å². The average Bonchev–Trinajstić information content (AvgIpc) is 2.91. The molecule has 2 aromatic rings. The molecule has 0 radical (unpaired) electrons. The molecule has 0 aliphatic heterocycles. The van der Waals surface area contributed by atoms with Crippen molar-refractivity contribution in [2.75, 3.05) is 24.6 Å². The Labute approximate surface area is 134 Å². The monoisotopic (exact) mass is 322 g/mol. The molecule has 1 amide bonds. The maximum absolute atomic E-state index is 12.1. The van der Waals surface area contributed by atoms with Crippen LogP contribution in [-0.4, -0.2) is 49.2 Å². The lowest BCUT2D eigenvalue weighted by atomic mass is 10.2. The van der Waals surface area contributed by atoms with E-state index in [2.05, 4.69) is 15.2 Å². The van der Waals surface area contributed by atoms with Crippen LogP contribution in [0.1, 0.15) is 32.0 Å². The van der Waals surface area contributed by atoms with Crippen LogP contribution < -0.4 is 5.73 Å². The van der Waals surface area contributed by atoms with Crippen molar-refractivity contribution in [1.82, 2.24) is 24.5 Å². The number of anilines is 1. The Morgan fingerprint density at radius 1 is 1.27 bits per heavy atom. The molecule has 2 aromatic heterocycles. The fourth-order valence-electron chi connectivity index (χ4n) is 2.42. The first-order valence-electron chi connectivity index (χ1n) is 7.44. The number of fused-ring (bicyclic) bond motifs is 1. The molecule has 0 aromatic carbocycles. The van der Waals surface area contributed by atoms with Gasteiger partial charge in [0.1, 0.15) is 0 Å². The number of carbonyl (C=O) groups is 1. The Morgan fingerprint density at radius 3 is 2.55 bits per heavy atom. The van der Waals surface area contributed by atoms with Gasteiger partial charge in [-0.25, -0.2) is 9.38 Å². The standard InChI is InChI=1S/C14H22N6OS/c1-5-10-9(4)16-13(15)20-12(10)17-18-14(20)22-8-11(21)19(6-2)7-3/h5-8H2,1-4H3,(H2,15,16). The van der Waals surface area contributed by atoms with Crippen LogP contribution in [-0.2, 0) is 11.2 Å². The Kier molecular flexibility index (Phi) is 5.23. The van der Waals surface area contributed by atoms with Crippen LogP contribution in [0.15, 0.2) is 5.16 Å². The highest BCUT2D eigenvalue weighted by atomic mass is 32.2. The van der Waals surface area contributed by atoms with Gasteiger partial charge in [0.05, 0.1) is 5.75 Å². The minimum atomic E-state index is 0.0844. The third-order valence-corrected chi connectivity index (χ3v) is 4.56. The van der Waals surface area contributed by atoms with Crippen molar-refractivity contribution in [3.63, 3.8) is 0 Å². The van der Waals surface area contributed by atoms with E-state index in [1.54, 1.807) is 9.30 Å². The molecule has 0 atom stereocenters. The predicted molar refractivity (Wildman–Crippen MR) is 88.0 cm³/mol. The highest BCUT2D eigenvalue weighted by Crippen LogP contribution is 2.23. The first-order valence-corrected chi connectivity index (χ1v) is 8.42. The molecule has 0 aliphatic rings. The maximum Gasteiger partial charge on any atom is 0.233 e. The number of nitrogens with zero attached hydrogens (tertiary/aromatic N) is 5. The molecule has 0 bridgehead atoms. The number of aromatic nitrogens is 4. The number of nitrogen functional groups attached to an aromatic ring is 1. The summed E-state index contributed by atoms with van der Waals surface area (Å²) in [5, 5.41) is 9.00. The number of hydrogen-bond acceptors (Lipinski definition) is 6. The largest absolute Gasteiger partial charge is 0.369 e. The lowest BCUT2D eigenvalue weighted by molar-refractivity contribution is -0.127. The van der Waals surface area contributed by atoms with Crippen molar-refractivity contribution < 1.29 is 4.79 Å². The van der Waals surface area contributed by atoms with Gasteiger partial charge in [0, 0.05) is 24.3 Å². The molecule has 120 valence electrons. The van der Waals surface area contributed by atoms with Crippen LogP contribution in [0.25, 0.3) is 5.65 Å². The van der Waals surface area contributed by atoms with Gasteiger partial charge in [-0.2, -0.15) is 0 Å². The van der Waals surface area contributed by atoms with Crippen LogP contribution in [0, 0.1) is 6.92 Å². The second-order valence-corrected chi connectivity index (χ2v) is 5.83. The van der Waals surface area contributed by atoms with Gasteiger partial charge in [0.15, 0.2) is 10.8 Å². The molecule has 0 saturated carbocycles. The van der Waals surface area contributed by atoms with E-state index in [1.165, 1.54) is 11.8 Å². The van der Waals surface area contributed by atoms with Gasteiger partial charge < -0.3 is 10.6 Å². The number of amides is 1. The van der Waals surface area contributed by atoms with Gasteiger partial charge in [-0.05, 0) is 27.2 Å². The van der Waals surface area contributed by atoms with E-state index in [1.807, 2.05) is 27.7 Å². The quantitative estimate of drug-likeness (QED) is 0.811. The van der Waals surface area contributed by atoms with Crippen LogP contribution in [0.2, 0.25) is 0 Å². The minimum absolute atomic E-state index is 0.0844. The fourth-order valence-corrected chi connectivity index (χ4v) is 3.27. The smallest absolute Gasteiger partial charge is 0.233 e. The first kappa shape index (κ1) is 16.5. The zero-order valence-corrected chi connectivity index (χ0v) is 14.3. The normalized spacial score (nSPS) is 11.1. The second kappa shape index (κ2) is 6.95. The van der Waals surface area contributed by atoms with Gasteiger partial charge in [-0.3, -0.25) is 4.79 Å². The number of nitrogens with two attached hydrogens (primary N) is 1. The van der Waals surface area contributed by atoms with Crippen LogP contribution >= 0.6 is 11.8 Å². The number of rotatable bonds is 6. The lowest BCUT2D eigenvalue weighted by Crippen LogP contribution is -2.31. The Bertz CT molecular complexity index is 680. The van der Waals surface area contributed by atoms with Crippen molar-refractivity contribution in [2.24, 2.45) is 0 Å². The average molecular weight is 322 g/mol. The minimum Gasteiger partial charge on any atom is -0.369 e. The van der Waals surface area contributed by atoms with E-state index in [0.29, 0.717) is 29.9 Å². The van der Waals surface area contributed by atoms with E-state index in [9.17, 15) is 4.79 Å². The predicted octanol–water partition coefficient (Wildman–Crippen LogP) is 1.54. The van der Waals surface area contributed by atoms with E-state index in [4.69, 9.17) is 5.73 Å². The Balaban J connectivity index is 2.28. The number of thioether (sulfide) groups is 1. The number of hydrogen-bond donors (Lipinski definition) is 1. The molecular formula is C14H22N6OS. The van der Waals surface area contributed by atoms with Gasteiger partial charge >= 0.3 is 0 Å². The SMILES string of the molecule is CCc1c(C)nc(N)n2c(SCC(=O)N(CC)CC)nnc12. The molecular weight excluding hydrogens is 300 g/mol. The Morgan fingerprint density at radius 2 is 1.95 bits per heavy atom. The third-order valence-electron chi connectivity index (χ3n) is 3.65. The Hall–Kier alpha value is -1.83. The molecule has 8 heteroatoms. The first-order chi connectivity index (χ1) is 10.5. The highest BCUT2D eigenvalue weighted by molar-refractivity contribution is 7.99. The van der Waals surface area contributed by atoms with Crippen molar-refractivity contribution in [3.05, 3.63) is 11.3 Å². The summed E-state index contributed by atoms with van der Waals surface area (Å²) in [4.78, 5) is 18.2. The summed E-state index contributed by atoms with van der Waals surface area (Å²) in [5.41, 5.74) is 8.64. The van der Waals surface area contributed by atoms with Crippen LogP contribution in [0.5, 0.6) is 0 Å². The number of aryl methyl sites for hydroxylation is 2. The summed E-state index contributed by atoms with van der Waals surface area (Å²) in [6.45, 7) is 9.32. The molecule has 2 heterocycles. The van der Waals surface area contributed by atoms with Crippen LogP contribution in [0.4, 0.5) is 5.95 Å². The van der Waals surface area contributed by atoms with Gasteiger partial charge in [0.2, 0.25) is 11.9 Å². The zero-order valence-electron chi connectivity index (χ0n) is 13.5. The molecule has 0 unspecified atom stereocenters. The fraction of sp³-hybridized carbons (Fsp3) is 0.571. The summed E-state index contributed by atoms with van der Waals surface area (Å²) >= 11 is 1.34. The summed E-state index contributed by atoms with van der Waals surface area (Å²) in [7, 11) is 0. The molecule has 2 N–H and O–H groups in total. The maximum atomic E-state index is 12.1. The summed E-state index contributed by atoms with van der Waals surface area (Å²) < 4.78 is 1.73. The van der Waals surface area contributed by atoms with Crippen molar-refractivity contribution in [3.8, 4) is 0 Å². The number of carbonyl (C=O) groups excluding carboxylic acids is 1. The summed E-state index contributed by atoms with van der Waals surface area (Å²) in [5.74, 6) is 0.755. The molecule has 22 heavy (non-hydrogen) atoms. The van der Waals surface area contributed by atoms with E-state index in [0.717, 1.165) is 23.3 Å². The topological polar surface area (TPSA) is 89.4 Å². The third kappa shape index (κ3) is 3.01. The van der Waals surface area contributed by atoms with Crippen molar-refractivity contribution >= 4 is 29.3 Å². The van der Waals surface area contributed by atoms with Gasteiger partial charge in [-0.1, -0.05) is 18.7 Å². The second-order valence-electron chi connectivity index (χ2n) is 4.88. The zero-order chi connectivity index (χ0) is 16.3. The highest BCUT2D eigenvalue weighted by Gasteiger charge is 2.17. The molecule has 2 rings (SSSR count). The summed E-state index contributed by atoms with van der Waals surface area (Å²) in [6, 6.07) is 0. The molecule has 0 aliphatic carbocycles. The van der Waals surface area contributed by atoms with Crippen molar-refractivity contribution in [2.45, 2.75) is 39.3 Å². The molecule has 0 spiro atoms. The summed E-state index contributed by atoms with van der Waals surface area (Å²) in [6.07, 6.45) is 0.809. The van der Waals surface area contributed by atoms with E-state index >= 15 is 0 Å². The van der Waals surface area contributed by atoms with Gasteiger partial charge in [-0.15, -0.1) is 10.2 Å².